The summed E-state index contributed by atoms with van der Waals surface area (Å²) in [5.74, 6) is 0.714. The van der Waals surface area contributed by atoms with Gasteiger partial charge in [-0.25, -0.2) is 0 Å². The van der Waals surface area contributed by atoms with Crippen LogP contribution in [-0.4, -0.2) is 31.4 Å². The SMILES string of the molecule is O=S(=O)(O)CCCCCCOc1ccc(NC2CCCCC2)cc1. The molecule has 0 spiro atoms. The summed E-state index contributed by atoms with van der Waals surface area (Å²) in [5.41, 5.74) is 1.15. The van der Waals surface area contributed by atoms with Gasteiger partial charge in [0, 0.05) is 11.7 Å². The van der Waals surface area contributed by atoms with E-state index < -0.39 is 10.1 Å². The summed E-state index contributed by atoms with van der Waals surface area (Å²) in [4.78, 5) is 0. The van der Waals surface area contributed by atoms with Crippen molar-refractivity contribution in [2.75, 3.05) is 17.7 Å². The van der Waals surface area contributed by atoms with Crippen molar-refractivity contribution in [2.45, 2.75) is 63.8 Å². The Morgan fingerprint density at radius 1 is 1.00 bits per heavy atom. The summed E-state index contributed by atoms with van der Waals surface area (Å²) in [5, 5.41) is 3.59. The monoisotopic (exact) mass is 355 g/mol. The normalized spacial score (nSPS) is 16.0. The van der Waals surface area contributed by atoms with E-state index in [1.165, 1.54) is 32.1 Å². The molecule has 0 heterocycles. The molecule has 1 fully saturated rings. The van der Waals surface area contributed by atoms with E-state index in [1.54, 1.807) is 0 Å². The van der Waals surface area contributed by atoms with Crippen molar-refractivity contribution in [1.29, 1.82) is 0 Å². The predicted molar refractivity (Wildman–Crippen MR) is 97.3 cm³/mol. The Balaban J connectivity index is 1.58. The van der Waals surface area contributed by atoms with Crippen molar-refractivity contribution in [3.63, 3.8) is 0 Å². The Bertz CT molecular complexity index is 565. The minimum atomic E-state index is -3.81. The topological polar surface area (TPSA) is 75.6 Å². The number of ether oxygens (including phenoxy) is 1. The Kier molecular flexibility index (Phi) is 7.85. The van der Waals surface area contributed by atoms with Gasteiger partial charge in [0.1, 0.15) is 5.75 Å². The van der Waals surface area contributed by atoms with E-state index in [0.717, 1.165) is 30.7 Å². The Hall–Kier alpha value is -1.27. The Morgan fingerprint density at radius 2 is 1.67 bits per heavy atom. The van der Waals surface area contributed by atoms with Gasteiger partial charge in [0.25, 0.3) is 10.1 Å². The van der Waals surface area contributed by atoms with E-state index in [0.29, 0.717) is 19.1 Å². The van der Waals surface area contributed by atoms with E-state index in [2.05, 4.69) is 17.4 Å². The van der Waals surface area contributed by atoms with E-state index >= 15 is 0 Å². The number of rotatable bonds is 10. The Morgan fingerprint density at radius 3 is 2.33 bits per heavy atom. The van der Waals surface area contributed by atoms with E-state index in [9.17, 15) is 8.42 Å². The second-order valence-corrected chi connectivity index (χ2v) is 8.12. The summed E-state index contributed by atoms with van der Waals surface area (Å²) < 4.78 is 35.5. The molecule has 1 aromatic rings. The molecule has 6 heteroatoms. The van der Waals surface area contributed by atoms with Crippen molar-refractivity contribution in [2.24, 2.45) is 0 Å². The lowest BCUT2D eigenvalue weighted by Crippen LogP contribution is -2.22. The summed E-state index contributed by atoms with van der Waals surface area (Å²) in [6.45, 7) is 0.626. The molecule has 1 aliphatic carbocycles. The van der Waals surface area contributed by atoms with Gasteiger partial charge in [0.05, 0.1) is 12.4 Å². The zero-order chi connectivity index (χ0) is 17.3. The zero-order valence-corrected chi connectivity index (χ0v) is 15.1. The first-order chi connectivity index (χ1) is 11.5. The summed E-state index contributed by atoms with van der Waals surface area (Å²) in [6.07, 6.45) is 9.59. The molecule has 1 aromatic carbocycles. The second kappa shape index (κ2) is 9.89. The molecule has 1 saturated carbocycles. The van der Waals surface area contributed by atoms with Crippen LogP contribution in [0, 0.1) is 0 Å². The predicted octanol–water partition coefficient (Wildman–Crippen LogP) is 4.26. The van der Waals surface area contributed by atoms with Crippen molar-refractivity contribution >= 4 is 15.8 Å². The van der Waals surface area contributed by atoms with Crippen molar-refractivity contribution in [3.05, 3.63) is 24.3 Å². The molecule has 0 saturated heterocycles. The third-order valence-corrected chi connectivity index (χ3v) is 5.20. The van der Waals surface area contributed by atoms with Crippen LogP contribution < -0.4 is 10.1 Å². The zero-order valence-electron chi connectivity index (χ0n) is 14.2. The van der Waals surface area contributed by atoms with Crippen molar-refractivity contribution in [3.8, 4) is 5.75 Å². The summed E-state index contributed by atoms with van der Waals surface area (Å²) in [6, 6.07) is 8.72. The molecule has 5 nitrogen and oxygen atoms in total. The fraction of sp³-hybridized carbons (Fsp3) is 0.667. The first kappa shape index (κ1) is 19.1. The molecule has 136 valence electrons. The highest BCUT2D eigenvalue weighted by molar-refractivity contribution is 7.85. The fourth-order valence-corrected chi connectivity index (χ4v) is 3.63. The van der Waals surface area contributed by atoms with Gasteiger partial charge >= 0.3 is 0 Å². The lowest BCUT2D eigenvalue weighted by molar-refractivity contribution is 0.305. The average Bonchev–Trinajstić information content (AvgIpc) is 2.55. The average molecular weight is 356 g/mol. The molecular weight excluding hydrogens is 326 g/mol. The van der Waals surface area contributed by atoms with Gasteiger partial charge < -0.3 is 10.1 Å². The molecule has 2 N–H and O–H groups in total. The lowest BCUT2D eigenvalue weighted by atomic mass is 9.95. The maximum absolute atomic E-state index is 10.6. The third kappa shape index (κ3) is 8.02. The molecule has 24 heavy (non-hydrogen) atoms. The van der Waals surface area contributed by atoms with Gasteiger partial charge in [-0.05, 0) is 49.9 Å². The van der Waals surface area contributed by atoms with Crippen LogP contribution in [0.3, 0.4) is 0 Å². The van der Waals surface area contributed by atoms with Gasteiger partial charge in [-0.3, -0.25) is 4.55 Å². The van der Waals surface area contributed by atoms with Crippen LogP contribution in [0.2, 0.25) is 0 Å². The first-order valence-corrected chi connectivity index (χ1v) is 10.6. The summed E-state index contributed by atoms with van der Waals surface area (Å²) in [7, 11) is -3.81. The number of benzene rings is 1. The number of hydrogen-bond acceptors (Lipinski definition) is 4. The van der Waals surface area contributed by atoms with Gasteiger partial charge in [-0.1, -0.05) is 32.1 Å². The van der Waals surface area contributed by atoms with E-state index in [-0.39, 0.29) is 5.75 Å². The number of unbranched alkanes of at least 4 members (excludes halogenated alkanes) is 3. The molecule has 0 amide bonds. The lowest BCUT2D eigenvalue weighted by Gasteiger charge is -2.23. The van der Waals surface area contributed by atoms with Gasteiger partial charge in [-0.2, -0.15) is 8.42 Å². The highest BCUT2D eigenvalue weighted by Crippen LogP contribution is 2.23. The van der Waals surface area contributed by atoms with Crippen LogP contribution in [0.4, 0.5) is 5.69 Å². The van der Waals surface area contributed by atoms with Crippen LogP contribution in [0.25, 0.3) is 0 Å². The van der Waals surface area contributed by atoms with Crippen LogP contribution in [-0.2, 0) is 10.1 Å². The van der Waals surface area contributed by atoms with Crippen LogP contribution in [0.15, 0.2) is 24.3 Å². The van der Waals surface area contributed by atoms with E-state index in [4.69, 9.17) is 9.29 Å². The summed E-state index contributed by atoms with van der Waals surface area (Å²) >= 11 is 0. The molecule has 0 radical (unpaired) electrons. The fourth-order valence-electron chi connectivity index (χ4n) is 3.06. The van der Waals surface area contributed by atoms with Gasteiger partial charge in [0.2, 0.25) is 0 Å². The largest absolute Gasteiger partial charge is 0.494 e. The molecule has 0 atom stereocenters. The molecule has 0 aromatic heterocycles. The number of nitrogens with one attached hydrogen (secondary N) is 1. The maximum atomic E-state index is 10.6. The minimum absolute atomic E-state index is 0.149. The number of anilines is 1. The minimum Gasteiger partial charge on any atom is -0.494 e. The van der Waals surface area contributed by atoms with E-state index in [1.807, 2.05) is 12.1 Å². The van der Waals surface area contributed by atoms with Gasteiger partial charge in [-0.15, -0.1) is 0 Å². The highest BCUT2D eigenvalue weighted by Gasteiger charge is 2.12. The molecule has 2 rings (SSSR count). The van der Waals surface area contributed by atoms with Crippen molar-refractivity contribution in [1.82, 2.24) is 0 Å². The molecule has 0 aliphatic heterocycles. The quantitative estimate of drug-likeness (QED) is 0.484. The van der Waals surface area contributed by atoms with Crippen LogP contribution in [0.5, 0.6) is 5.75 Å². The molecular formula is C18H29NO4S. The smallest absolute Gasteiger partial charge is 0.264 e. The second-order valence-electron chi connectivity index (χ2n) is 6.55. The Labute approximate surface area is 145 Å². The molecule has 0 bridgehead atoms. The third-order valence-electron chi connectivity index (χ3n) is 4.40. The van der Waals surface area contributed by atoms with Gasteiger partial charge in [0.15, 0.2) is 0 Å². The highest BCUT2D eigenvalue weighted by atomic mass is 32.2. The van der Waals surface area contributed by atoms with Crippen molar-refractivity contribution < 1.29 is 17.7 Å². The molecule has 0 unspecified atom stereocenters. The van der Waals surface area contributed by atoms with Crippen LogP contribution in [0.1, 0.15) is 57.8 Å². The number of hydrogen-bond donors (Lipinski definition) is 2. The van der Waals surface area contributed by atoms with Crippen LogP contribution >= 0.6 is 0 Å². The standard InChI is InChI=1S/C18H29NO4S/c20-24(21,22)15-7-2-1-6-14-23-18-12-10-17(11-13-18)19-16-8-4-3-5-9-16/h10-13,16,19H,1-9,14-15H2,(H,20,21,22). The molecule has 1 aliphatic rings. The maximum Gasteiger partial charge on any atom is 0.264 e. The first-order valence-electron chi connectivity index (χ1n) is 8.97.